The highest BCUT2D eigenvalue weighted by atomic mass is 32.2. The van der Waals surface area contributed by atoms with Gasteiger partial charge < -0.3 is 5.73 Å². The second-order valence-electron chi connectivity index (χ2n) is 4.44. The van der Waals surface area contributed by atoms with Crippen LogP contribution in [0.3, 0.4) is 0 Å². The molecule has 3 N–H and O–H groups in total. The van der Waals surface area contributed by atoms with Gasteiger partial charge in [0.1, 0.15) is 0 Å². The molecule has 0 saturated heterocycles. The maximum Gasteiger partial charge on any atom is 0.241 e. The fraction of sp³-hybridized carbons (Fsp3) is 0.636. The fourth-order valence-electron chi connectivity index (χ4n) is 1.87. The van der Waals surface area contributed by atoms with Crippen molar-refractivity contribution in [2.45, 2.75) is 37.1 Å². The lowest BCUT2D eigenvalue weighted by molar-refractivity contribution is 0.297. The molecule has 0 spiro atoms. The van der Waals surface area contributed by atoms with Gasteiger partial charge in [-0.1, -0.05) is 19.3 Å². The van der Waals surface area contributed by atoms with E-state index in [1.807, 2.05) is 0 Å². The Kier molecular flexibility index (Phi) is 4.19. The molecule has 0 amide bonds. The third kappa shape index (κ3) is 3.28. The first kappa shape index (κ1) is 13.0. The minimum absolute atomic E-state index is 0.344. The van der Waals surface area contributed by atoms with Crippen LogP contribution in [0.5, 0.6) is 0 Å². The quantitative estimate of drug-likeness (QED) is 0.829. The minimum Gasteiger partial charge on any atom is -0.326 e. The standard InChI is InChI=1S/C11H18N2O2S2/c12-7-10-6-11(8-16-10)17(14,15)13-5-4-9-2-1-3-9/h6,8-9,13H,1-5,7,12H2. The van der Waals surface area contributed by atoms with E-state index >= 15 is 0 Å². The van der Waals surface area contributed by atoms with Crippen LogP contribution in [0.4, 0.5) is 0 Å². The second kappa shape index (κ2) is 5.48. The van der Waals surface area contributed by atoms with Gasteiger partial charge in [0.25, 0.3) is 0 Å². The Hall–Kier alpha value is -0.430. The Bertz CT molecular complexity index is 464. The summed E-state index contributed by atoms with van der Waals surface area (Å²) in [6.45, 7) is 0.934. The van der Waals surface area contributed by atoms with Crippen molar-refractivity contribution < 1.29 is 8.42 Å². The molecule has 1 aromatic heterocycles. The van der Waals surface area contributed by atoms with Crippen molar-refractivity contribution >= 4 is 21.4 Å². The Morgan fingerprint density at radius 3 is 2.76 bits per heavy atom. The summed E-state index contributed by atoms with van der Waals surface area (Å²) in [5, 5.41) is 1.65. The predicted molar refractivity (Wildman–Crippen MR) is 69.4 cm³/mol. The van der Waals surface area contributed by atoms with Crippen LogP contribution in [-0.2, 0) is 16.6 Å². The van der Waals surface area contributed by atoms with E-state index in [9.17, 15) is 8.42 Å². The molecule has 0 unspecified atom stereocenters. The Labute approximate surface area is 106 Å². The third-order valence-electron chi connectivity index (χ3n) is 3.21. The van der Waals surface area contributed by atoms with Gasteiger partial charge in [0, 0.05) is 23.3 Å². The number of nitrogens with two attached hydrogens (primary N) is 1. The largest absolute Gasteiger partial charge is 0.326 e. The summed E-state index contributed by atoms with van der Waals surface area (Å²) in [6.07, 6.45) is 4.74. The summed E-state index contributed by atoms with van der Waals surface area (Å²) in [7, 11) is -3.32. The van der Waals surface area contributed by atoms with Gasteiger partial charge in [0.05, 0.1) is 4.90 Å². The molecule has 6 heteroatoms. The lowest BCUT2D eigenvalue weighted by Crippen LogP contribution is -2.27. The van der Waals surface area contributed by atoms with Crippen molar-refractivity contribution in [1.29, 1.82) is 0 Å². The van der Waals surface area contributed by atoms with Crippen LogP contribution in [0.1, 0.15) is 30.6 Å². The number of hydrogen-bond acceptors (Lipinski definition) is 4. The van der Waals surface area contributed by atoms with Crippen LogP contribution in [-0.4, -0.2) is 15.0 Å². The summed E-state index contributed by atoms with van der Waals surface area (Å²) >= 11 is 1.39. The van der Waals surface area contributed by atoms with E-state index in [0.717, 1.165) is 17.2 Å². The number of hydrogen-bond donors (Lipinski definition) is 2. The highest BCUT2D eigenvalue weighted by molar-refractivity contribution is 7.89. The van der Waals surface area contributed by atoms with Gasteiger partial charge in [-0.3, -0.25) is 0 Å². The summed E-state index contributed by atoms with van der Waals surface area (Å²) in [6, 6.07) is 1.65. The molecule has 0 aromatic carbocycles. The minimum atomic E-state index is -3.32. The van der Waals surface area contributed by atoms with Gasteiger partial charge in [-0.15, -0.1) is 11.3 Å². The number of thiophene rings is 1. The molecule has 2 rings (SSSR count). The summed E-state index contributed by atoms with van der Waals surface area (Å²) in [5.41, 5.74) is 5.47. The Morgan fingerprint density at radius 2 is 2.24 bits per heavy atom. The zero-order valence-electron chi connectivity index (χ0n) is 9.69. The van der Waals surface area contributed by atoms with Crippen LogP contribution in [0, 0.1) is 5.92 Å². The molecular weight excluding hydrogens is 256 g/mol. The maximum absolute atomic E-state index is 11.9. The zero-order chi connectivity index (χ0) is 12.3. The van der Waals surface area contributed by atoms with Crippen molar-refractivity contribution in [3.63, 3.8) is 0 Å². The van der Waals surface area contributed by atoms with Crippen LogP contribution in [0.25, 0.3) is 0 Å². The lowest BCUT2D eigenvalue weighted by Gasteiger charge is -2.24. The molecular formula is C11H18N2O2S2. The smallest absolute Gasteiger partial charge is 0.241 e. The molecule has 1 aliphatic carbocycles. The van der Waals surface area contributed by atoms with E-state index in [4.69, 9.17) is 5.73 Å². The van der Waals surface area contributed by atoms with Gasteiger partial charge in [0.15, 0.2) is 0 Å². The molecule has 0 aliphatic heterocycles. The molecule has 1 aromatic rings. The summed E-state index contributed by atoms with van der Waals surface area (Å²) in [4.78, 5) is 1.24. The fourth-order valence-corrected chi connectivity index (χ4v) is 4.07. The van der Waals surface area contributed by atoms with Crippen molar-refractivity contribution in [2.24, 2.45) is 11.7 Å². The van der Waals surface area contributed by atoms with Crippen molar-refractivity contribution in [3.8, 4) is 0 Å². The molecule has 96 valence electrons. The predicted octanol–water partition coefficient (Wildman–Crippen LogP) is 1.68. The van der Waals surface area contributed by atoms with E-state index in [1.54, 1.807) is 11.4 Å². The highest BCUT2D eigenvalue weighted by Gasteiger charge is 2.19. The van der Waals surface area contributed by atoms with E-state index in [0.29, 0.717) is 18.0 Å². The van der Waals surface area contributed by atoms with Gasteiger partial charge in [-0.05, 0) is 18.4 Å². The number of rotatable bonds is 6. The molecule has 4 nitrogen and oxygen atoms in total. The zero-order valence-corrected chi connectivity index (χ0v) is 11.3. The van der Waals surface area contributed by atoms with Gasteiger partial charge in [-0.25, -0.2) is 13.1 Å². The van der Waals surface area contributed by atoms with E-state index in [2.05, 4.69) is 4.72 Å². The number of sulfonamides is 1. The Morgan fingerprint density at radius 1 is 1.47 bits per heavy atom. The van der Waals surface area contributed by atoms with Crippen LogP contribution < -0.4 is 10.5 Å². The molecule has 0 radical (unpaired) electrons. The first-order chi connectivity index (χ1) is 8.12. The van der Waals surface area contributed by atoms with Crippen LogP contribution in [0.2, 0.25) is 0 Å². The highest BCUT2D eigenvalue weighted by Crippen LogP contribution is 2.29. The average molecular weight is 274 g/mol. The summed E-state index contributed by atoms with van der Waals surface area (Å²) < 4.78 is 26.5. The van der Waals surface area contributed by atoms with Crippen LogP contribution >= 0.6 is 11.3 Å². The molecule has 0 atom stereocenters. The maximum atomic E-state index is 11.9. The van der Waals surface area contributed by atoms with Crippen molar-refractivity contribution in [1.82, 2.24) is 4.72 Å². The molecule has 1 heterocycles. The SMILES string of the molecule is NCc1cc(S(=O)(=O)NCCC2CCC2)cs1. The van der Waals surface area contributed by atoms with Gasteiger partial charge in [-0.2, -0.15) is 0 Å². The molecule has 1 aliphatic rings. The topological polar surface area (TPSA) is 72.2 Å². The summed E-state index contributed by atoms with van der Waals surface area (Å²) in [5.74, 6) is 0.722. The molecule has 17 heavy (non-hydrogen) atoms. The van der Waals surface area contributed by atoms with E-state index in [1.165, 1.54) is 30.6 Å². The normalized spacial score (nSPS) is 17.0. The first-order valence-corrected chi connectivity index (χ1v) is 8.25. The molecule has 0 bridgehead atoms. The lowest BCUT2D eigenvalue weighted by atomic mass is 9.83. The first-order valence-electron chi connectivity index (χ1n) is 5.89. The van der Waals surface area contributed by atoms with E-state index < -0.39 is 10.0 Å². The third-order valence-corrected chi connectivity index (χ3v) is 5.76. The van der Waals surface area contributed by atoms with Gasteiger partial charge in [0.2, 0.25) is 10.0 Å². The number of nitrogens with one attached hydrogen (secondary N) is 1. The molecule has 1 fully saturated rings. The monoisotopic (exact) mass is 274 g/mol. The van der Waals surface area contributed by atoms with E-state index in [-0.39, 0.29) is 0 Å². The van der Waals surface area contributed by atoms with Crippen molar-refractivity contribution in [2.75, 3.05) is 6.54 Å². The van der Waals surface area contributed by atoms with Gasteiger partial charge >= 0.3 is 0 Å². The Balaban J connectivity index is 1.88. The van der Waals surface area contributed by atoms with Crippen LogP contribution in [0.15, 0.2) is 16.3 Å². The molecule has 1 saturated carbocycles. The second-order valence-corrected chi connectivity index (χ2v) is 7.20. The average Bonchev–Trinajstić information content (AvgIpc) is 2.71. The van der Waals surface area contributed by atoms with Crippen molar-refractivity contribution in [3.05, 3.63) is 16.3 Å².